The summed E-state index contributed by atoms with van der Waals surface area (Å²) >= 11 is 0. The molecule has 1 aromatic carbocycles. The Bertz CT molecular complexity index is 563. The average molecular weight is 326 g/mol. The van der Waals surface area contributed by atoms with Crippen LogP contribution in [0.25, 0.3) is 0 Å². The largest absolute Gasteiger partial charge is 0.416 e. The molecule has 3 rings (SSSR count). The lowest BCUT2D eigenvalue weighted by atomic mass is 9.94. The standard InChI is InChI=1S/C17H21F3N2O/c18-17(19,20)14-3-1-2-13(10-14)15(11-4-5-11)22-16(23)12-6-8-21-9-7-12/h1-3,10-12,15,21H,4-9H2,(H,22,23). The van der Waals surface area contributed by atoms with Crippen LogP contribution in [-0.2, 0) is 11.0 Å². The summed E-state index contributed by atoms with van der Waals surface area (Å²) in [5, 5.41) is 6.22. The molecule has 0 aromatic heterocycles. The van der Waals surface area contributed by atoms with Crippen molar-refractivity contribution < 1.29 is 18.0 Å². The van der Waals surface area contributed by atoms with E-state index in [2.05, 4.69) is 10.6 Å². The summed E-state index contributed by atoms with van der Waals surface area (Å²) in [4.78, 5) is 12.4. The highest BCUT2D eigenvalue weighted by Gasteiger charge is 2.37. The average Bonchev–Trinajstić information content (AvgIpc) is 3.37. The van der Waals surface area contributed by atoms with Crippen LogP contribution in [-0.4, -0.2) is 19.0 Å². The summed E-state index contributed by atoms with van der Waals surface area (Å²) in [5.74, 6) is 0.188. The quantitative estimate of drug-likeness (QED) is 0.891. The molecule has 1 unspecified atom stereocenters. The second-order valence-corrected chi connectivity index (χ2v) is 6.47. The minimum Gasteiger partial charge on any atom is -0.349 e. The Labute approximate surface area is 133 Å². The summed E-state index contributed by atoms with van der Waals surface area (Å²) in [6.07, 6.45) is -0.887. The van der Waals surface area contributed by atoms with Crippen LogP contribution < -0.4 is 10.6 Å². The van der Waals surface area contributed by atoms with E-state index in [0.717, 1.165) is 44.8 Å². The zero-order chi connectivity index (χ0) is 16.4. The predicted molar refractivity (Wildman–Crippen MR) is 80.6 cm³/mol. The van der Waals surface area contributed by atoms with Gasteiger partial charge in [0.2, 0.25) is 5.91 Å². The second kappa shape index (κ2) is 6.51. The summed E-state index contributed by atoms with van der Waals surface area (Å²) in [6, 6.07) is 5.04. The number of hydrogen-bond acceptors (Lipinski definition) is 2. The van der Waals surface area contributed by atoms with E-state index in [-0.39, 0.29) is 23.8 Å². The smallest absolute Gasteiger partial charge is 0.349 e. The maximum atomic E-state index is 12.9. The van der Waals surface area contributed by atoms with Gasteiger partial charge in [0.15, 0.2) is 0 Å². The van der Waals surface area contributed by atoms with Gasteiger partial charge in [0.25, 0.3) is 0 Å². The molecule has 0 radical (unpaired) electrons. The highest BCUT2D eigenvalue weighted by Crippen LogP contribution is 2.42. The molecule has 3 nitrogen and oxygen atoms in total. The van der Waals surface area contributed by atoms with Crippen LogP contribution in [0.4, 0.5) is 13.2 Å². The third kappa shape index (κ3) is 4.05. The van der Waals surface area contributed by atoms with Crippen molar-refractivity contribution in [3.05, 3.63) is 35.4 Å². The lowest BCUT2D eigenvalue weighted by Gasteiger charge is -2.26. The van der Waals surface area contributed by atoms with Crippen LogP contribution in [0.15, 0.2) is 24.3 Å². The van der Waals surface area contributed by atoms with Gasteiger partial charge in [0.1, 0.15) is 0 Å². The Morgan fingerprint density at radius 2 is 1.87 bits per heavy atom. The van der Waals surface area contributed by atoms with Crippen molar-refractivity contribution in [1.29, 1.82) is 0 Å². The molecule has 126 valence electrons. The Kier molecular flexibility index (Phi) is 4.62. The number of hydrogen-bond donors (Lipinski definition) is 2. The highest BCUT2D eigenvalue weighted by atomic mass is 19.4. The van der Waals surface area contributed by atoms with Crippen molar-refractivity contribution in [2.75, 3.05) is 13.1 Å². The molecule has 1 aliphatic carbocycles. The Morgan fingerprint density at radius 1 is 1.17 bits per heavy atom. The van der Waals surface area contributed by atoms with Gasteiger partial charge in [-0.2, -0.15) is 13.2 Å². The van der Waals surface area contributed by atoms with Crippen LogP contribution >= 0.6 is 0 Å². The second-order valence-electron chi connectivity index (χ2n) is 6.47. The molecular weight excluding hydrogens is 305 g/mol. The first-order chi connectivity index (χ1) is 10.9. The Morgan fingerprint density at radius 3 is 2.48 bits per heavy atom. The summed E-state index contributed by atoms with van der Waals surface area (Å²) in [6.45, 7) is 1.63. The number of carbonyl (C=O) groups excluding carboxylic acids is 1. The number of alkyl halides is 3. The number of benzene rings is 1. The van der Waals surface area contributed by atoms with Crippen molar-refractivity contribution in [1.82, 2.24) is 10.6 Å². The lowest BCUT2D eigenvalue weighted by molar-refractivity contribution is -0.137. The van der Waals surface area contributed by atoms with Crippen LogP contribution in [0.3, 0.4) is 0 Å². The molecule has 1 atom stereocenters. The van der Waals surface area contributed by atoms with E-state index in [1.165, 1.54) is 12.1 Å². The topological polar surface area (TPSA) is 41.1 Å². The van der Waals surface area contributed by atoms with Crippen LogP contribution in [0.2, 0.25) is 0 Å². The monoisotopic (exact) mass is 326 g/mol. The van der Waals surface area contributed by atoms with E-state index in [0.29, 0.717) is 5.56 Å². The molecule has 0 bridgehead atoms. The first-order valence-electron chi connectivity index (χ1n) is 8.13. The molecule has 6 heteroatoms. The van der Waals surface area contributed by atoms with Gasteiger partial charge >= 0.3 is 6.18 Å². The third-order valence-electron chi connectivity index (χ3n) is 4.67. The Hall–Kier alpha value is -1.56. The van der Waals surface area contributed by atoms with Crippen molar-refractivity contribution in [3.8, 4) is 0 Å². The maximum Gasteiger partial charge on any atom is 0.416 e. The molecule has 1 amide bonds. The van der Waals surface area contributed by atoms with E-state index < -0.39 is 11.7 Å². The van der Waals surface area contributed by atoms with Crippen LogP contribution in [0.5, 0.6) is 0 Å². The van der Waals surface area contributed by atoms with Crippen LogP contribution in [0.1, 0.15) is 42.9 Å². The number of carbonyl (C=O) groups is 1. The number of amides is 1. The first-order valence-corrected chi connectivity index (χ1v) is 8.13. The Balaban J connectivity index is 1.75. The zero-order valence-corrected chi connectivity index (χ0v) is 12.8. The predicted octanol–water partition coefficient (Wildman–Crippen LogP) is 3.27. The molecule has 1 heterocycles. The van der Waals surface area contributed by atoms with Crippen molar-refractivity contribution in [3.63, 3.8) is 0 Å². The number of halogens is 3. The van der Waals surface area contributed by atoms with E-state index in [1.54, 1.807) is 6.07 Å². The molecule has 2 N–H and O–H groups in total. The fourth-order valence-corrected chi connectivity index (χ4v) is 3.17. The van der Waals surface area contributed by atoms with Gasteiger partial charge < -0.3 is 10.6 Å². The van der Waals surface area contributed by atoms with Gasteiger partial charge in [-0.15, -0.1) is 0 Å². The molecular formula is C17H21F3N2O. The van der Waals surface area contributed by atoms with Crippen molar-refractivity contribution in [2.45, 2.75) is 37.9 Å². The first kappa shape index (κ1) is 16.3. The fraction of sp³-hybridized carbons (Fsp3) is 0.588. The van der Waals surface area contributed by atoms with Gasteiger partial charge in [-0.05, 0) is 62.4 Å². The van der Waals surface area contributed by atoms with Gasteiger partial charge in [-0.1, -0.05) is 12.1 Å². The molecule has 1 aromatic rings. The van der Waals surface area contributed by atoms with Gasteiger partial charge in [0.05, 0.1) is 11.6 Å². The fourth-order valence-electron chi connectivity index (χ4n) is 3.17. The maximum absolute atomic E-state index is 12.9. The van der Waals surface area contributed by atoms with Crippen molar-refractivity contribution >= 4 is 5.91 Å². The minimum absolute atomic E-state index is 0.0270. The number of nitrogens with one attached hydrogen (secondary N) is 2. The summed E-state index contributed by atoms with van der Waals surface area (Å²) in [7, 11) is 0. The zero-order valence-electron chi connectivity index (χ0n) is 12.8. The molecule has 2 fully saturated rings. The van der Waals surface area contributed by atoms with Crippen molar-refractivity contribution in [2.24, 2.45) is 11.8 Å². The molecule has 1 saturated heterocycles. The lowest BCUT2D eigenvalue weighted by Crippen LogP contribution is -2.40. The van der Waals surface area contributed by atoms with E-state index in [9.17, 15) is 18.0 Å². The minimum atomic E-state index is -4.36. The molecule has 23 heavy (non-hydrogen) atoms. The molecule has 2 aliphatic rings. The van der Waals surface area contributed by atoms with Crippen LogP contribution in [0, 0.1) is 11.8 Å². The third-order valence-corrected chi connectivity index (χ3v) is 4.67. The molecule has 1 aliphatic heterocycles. The molecule has 1 saturated carbocycles. The highest BCUT2D eigenvalue weighted by molar-refractivity contribution is 5.79. The normalized spacial score (nSPS) is 21.0. The van der Waals surface area contributed by atoms with Gasteiger partial charge in [-0.25, -0.2) is 0 Å². The van der Waals surface area contributed by atoms with Gasteiger partial charge in [-0.3, -0.25) is 4.79 Å². The van der Waals surface area contributed by atoms with E-state index >= 15 is 0 Å². The molecule has 0 spiro atoms. The summed E-state index contributed by atoms with van der Waals surface area (Å²) < 4.78 is 38.7. The summed E-state index contributed by atoms with van der Waals surface area (Å²) in [5.41, 5.74) is -0.0959. The van der Waals surface area contributed by atoms with E-state index in [1.807, 2.05) is 0 Å². The number of rotatable bonds is 4. The SMILES string of the molecule is O=C(NC(c1cccc(C(F)(F)F)c1)C1CC1)C1CCNCC1. The van der Waals surface area contributed by atoms with E-state index in [4.69, 9.17) is 0 Å². The van der Waals surface area contributed by atoms with Gasteiger partial charge in [0, 0.05) is 5.92 Å². The number of piperidine rings is 1.